The molecule has 0 bridgehead atoms. The molecule has 3 rings (SSSR count). The summed E-state index contributed by atoms with van der Waals surface area (Å²) in [5.74, 6) is 0. The Balaban J connectivity index is 1.73. The summed E-state index contributed by atoms with van der Waals surface area (Å²) in [7, 11) is 1.98. The van der Waals surface area contributed by atoms with E-state index in [2.05, 4.69) is 42.5 Å². The van der Waals surface area contributed by atoms with Crippen molar-refractivity contribution in [3.05, 3.63) is 51.1 Å². The zero-order valence-electron chi connectivity index (χ0n) is 12.4. The van der Waals surface area contributed by atoms with Crippen LogP contribution in [-0.2, 0) is 20.1 Å². The third kappa shape index (κ3) is 2.71. The minimum Gasteiger partial charge on any atom is -0.308 e. The molecule has 21 heavy (non-hydrogen) atoms. The van der Waals surface area contributed by atoms with Crippen molar-refractivity contribution in [3.63, 3.8) is 0 Å². The number of hydrogen-bond acceptors (Lipinski definition) is 3. The minimum atomic E-state index is 0.784. The Bertz CT molecular complexity index is 788. The van der Waals surface area contributed by atoms with Gasteiger partial charge in [-0.1, -0.05) is 29.8 Å². The van der Waals surface area contributed by atoms with Gasteiger partial charge in [0, 0.05) is 46.4 Å². The van der Waals surface area contributed by atoms with Crippen LogP contribution in [0.1, 0.15) is 21.8 Å². The average molecular weight is 320 g/mol. The normalized spacial score (nSPS) is 11.4. The zero-order chi connectivity index (χ0) is 15.0. The first-order chi connectivity index (χ1) is 10.1. The van der Waals surface area contributed by atoms with Crippen LogP contribution < -0.4 is 5.32 Å². The smallest absolute Gasteiger partial charge is 0.0641 e. The van der Waals surface area contributed by atoms with Crippen LogP contribution in [0.4, 0.5) is 0 Å². The molecule has 0 aliphatic heterocycles. The van der Waals surface area contributed by atoms with E-state index in [0.29, 0.717) is 0 Å². The van der Waals surface area contributed by atoms with Crippen LogP contribution in [0.15, 0.2) is 24.3 Å². The molecule has 0 spiro atoms. The van der Waals surface area contributed by atoms with Crippen LogP contribution in [-0.4, -0.2) is 9.78 Å². The summed E-state index contributed by atoms with van der Waals surface area (Å²) in [6.45, 7) is 5.75. The maximum absolute atomic E-state index is 6.46. The Morgan fingerprint density at radius 2 is 2.00 bits per heavy atom. The van der Waals surface area contributed by atoms with Crippen molar-refractivity contribution in [1.82, 2.24) is 15.1 Å². The molecule has 0 unspecified atom stereocenters. The number of nitrogens with zero attached hydrogens (tertiary/aromatic N) is 2. The van der Waals surface area contributed by atoms with Crippen molar-refractivity contribution in [2.45, 2.75) is 26.9 Å². The molecule has 0 radical (unpaired) electrons. The van der Waals surface area contributed by atoms with E-state index in [4.69, 9.17) is 11.6 Å². The summed E-state index contributed by atoms with van der Waals surface area (Å²) in [6.07, 6.45) is 0. The van der Waals surface area contributed by atoms with Gasteiger partial charge in [0.1, 0.15) is 0 Å². The van der Waals surface area contributed by atoms with E-state index in [0.717, 1.165) is 29.2 Å². The number of rotatable bonds is 4. The molecule has 0 atom stereocenters. The molecule has 2 heterocycles. The van der Waals surface area contributed by atoms with Crippen LogP contribution in [0, 0.1) is 13.8 Å². The molecule has 1 N–H and O–H groups in total. The Morgan fingerprint density at radius 3 is 2.67 bits per heavy atom. The second-order valence-corrected chi connectivity index (χ2v) is 6.73. The van der Waals surface area contributed by atoms with Crippen LogP contribution in [0.5, 0.6) is 0 Å². The summed E-state index contributed by atoms with van der Waals surface area (Å²) in [4.78, 5) is 1.19. The topological polar surface area (TPSA) is 29.9 Å². The predicted molar refractivity (Wildman–Crippen MR) is 90.1 cm³/mol. The third-order valence-corrected chi connectivity index (χ3v) is 5.56. The van der Waals surface area contributed by atoms with Crippen LogP contribution in [0.3, 0.4) is 0 Å². The van der Waals surface area contributed by atoms with Crippen molar-refractivity contribution in [1.29, 1.82) is 0 Å². The molecular formula is C16H18ClN3S. The highest BCUT2D eigenvalue weighted by Crippen LogP contribution is 2.35. The first-order valence-electron chi connectivity index (χ1n) is 6.93. The average Bonchev–Trinajstić information content (AvgIpc) is 2.91. The van der Waals surface area contributed by atoms with E-state index < -0.39 is 0 Å². The lowest BCUT2D eigenvalue weighted by molar-refractivity contribution is 0.690. The van der Waals surface area contributed by atoms with E-state index >= 15 is 0 Å². The second-order valence-electron chi connectivity index (χ2n) is 5.21. The van der Waals surface area contributed by atoms with E-state index in [1.165, 1.54) is 20.8 Å². The van der Waals surface area contributed by atoms with Crippen LogP contribution in [0.25, 0.3) is 10.1 Å². The molecule has 0 aliphatic rings. The molecule has 1 aromatic carbocycles. The maximum atomic E-state index is 6.46. The van der Waals surface area contributed by atoms with Crippen molar-refractivity contribution >= 4 is 33.0 Å². The molecule has 110 valence electrons. The second kappa shape index (κ2) is 5.79. The predicted octanol–water partition coefficient (Wildman–Crippen LogP) is 4.19. The highest BCUT2D eigenvalue weighted by atomic mass is 35.5. The monoisotopic (exact) mass is 319 g/mol. The number of halogens is 1. The van der Waals surface area contributed by atoms with E-state index in [1.54, 1.807) is 11.3 Å². The van der Waals surface area contributed by atoms with Gasteiger partial charge in [0.15, 0.2) is 0 Å². The SMILES string of the molecule is Cc1nn(C)c(C)c1CNCc1sc2ccccc2c1Cl. The fraction of sp³-hybridized carbons (Fsp3) is 0.312. The van der Waals surface area contributed by atoms with Crippen molar-refractivity contribution < 1.29 is 0 Å². The fourth-order valence-corrected chi connectivity index (χ4v) is 4.02. The number of fused-ring (bicyclic) bond motifs is 1. The third-order valence-electron chi connectivity index (χ3n) is 3.85. The quantitative estimate of drug-likeness (QED) is 0.781. The molecule has 3 aromatic rings. The highest BCUT2D eigenvalue weighted by Gasteiger charge is 2.11. The summed E-state index contributed by atoms with van der Waals surface area (Å²) in [5.41, 5.74) is 3.57. The van der Waals surface area contributed by atoms with Gasteiger partial charge in [-0.3, -0.25) is 4.68 Å². The molecule has 0 amide bonds. The Morgan fingerprint density at radius 1 is 1.24 bits per heavy atom. The minimum absolute atomic E-state index is 0.784. The number of hydrogen-bond donors (Lipinski definition) is 1. The zero-order valence-corrected chi connectivity index (χ0v) is 14.0. The summed E-state index contributed by atoms with van der Waals surface area (Å²) in [5, 5.41) is 9.95. The number of aromatic nitrogens is 2. The Hall–Kier alpha value is -1.36. The first-order valence-corrected chi connectivity index (χ1v) is 8.13. The van der Waals surface area contributed by atoms with Crippen molar-refractivity contribution in [2.24, 2.45) is 7.05 Å². The van der Waals surface area contributed by atoms with Crippen molar-refractivity contribution in [2.75, 3.05) is 0 Å². The van der Waals surface area contributed by atoms with Gasteiger partial charge in [-0.05, 0) is 19.9 Å². The van der Waals surface area contributed by atoms with Gasteiger partial charge in [-0.2, -0.15) is 5.10 Å². The number of benzene rings is 1. The van der Waals surface area contributed by atoms with Gasteiger partial charge in [0.05, 0.1) is 10.7 Å². The molecular weight excluding hydrogens is 302 g/mol. The van der Waals surface area contributed by atoms with E-state index in [-0.39, 0.29) is 0 Å². The fourth-order valence-electron chi connectivity index (χ4n) is 2.55. The number of aryl methyl sites for hydroxylation is 2. The Kier molecular flexibility index (Phi) is 4.02. The molecule has 0 fully saturated rings. The van der Waals surface area contributed by atoms with Gasteiger partial charge in [-0.15, -0.1) is 11.3 Å². The number of nitrogens with one attached hydrogen (secondary N) is 1. The molecule has 0 saturated carbocycles. The summed E-state index contributed by atoms with van der Waals surface area (Å²) >= 11 is 8.22. The lowest BCUT2D eigenvalue weighted by Crippen LogP contribution is -2.13. The van der Waals surface area contributed by atoms with Gasteiger partial charge in [0.2, 0.25) is 0 Å². The van der Waals surface area contributed by atoms with Gasteiger partial charge < -0.3 is 5.32 Å². The number of thiophene rings is 1. The molecule has 3 nitrogen and oxygen atoms in total. The van der Waals surface area contributed by atoms with E-state index in [9.17, 15) is 0 Å². The van der Waals surface area contributed by atoms with Gasteiger partial charge in [-0.25, -0.2) is 0 Å². The van der Waals surface area contributed by atoms with Crippen LogP contribution in [0.2, 0.25) is 5.02 Å². The summed E-state index contributed by atoms with van der Waals surface area (Å²) < 4.78 is 3.17. The van der Waals surface area contributed by atoms with Gasteiger partial charge >= 0.3 is 0 Å². The standard InChI is InChI=1S/C16H18ClN3S/c1-10-13(11(2)20(3)19-10)8-18-9-15-16(17)12-6-4-5-7-14(12)21-15/h4-7,18H,8-9H2,1-3H3. The van der Waals surface area contributed by atoms with Crippen molar-refractivity contribution in [3.8, 4) is 0 Å². The van der Waals surface area contributed by atoms with Gasteiger partial charge in [0.25, 0.3) is 0 Å². The molecule has 0 aliphatic carbocycles. The molecule has 5 heteroatoms. The maximum Gasteiger partial charge on any atom is 0.0641 e. The molecule has 0 saturated heterocycles. The molecule has 2 aromatic heterocycles. The lowest BCUT2D eigenvalue weighted by atomic mass is 10.2. The lowest BCUT2D eigenvalue weighted by Gasteiger charge is -2.04. The highest BCUT2D eigenvalue weighted by molar-refractivity contribution is 7.19. The Labute approximate surface area is 133 Å². The first kappa shape index (κ1) is 14.6. The van der Waals surface area contributed by atoms with Crippen LogP contribution >= 0.6 is 22.9 Å². The largest absolute Gasteiger partial charge is 0.308 e. The van der Waals surface area contributed by atoms with E-state index in [1.807, 2.05) is 17.8 Å². The summed E-state index contributed by atoms with van der Waals surface area (Å²) in [6, 6.07) is 8.27.